The van der Waals surface area contributed by atoms with Gasteiger partial charge in [0, 0.05) is 49.0 Å². The van der Waals surface area contributed by atoms with Crippen LogP contribution in [0, 0.1) is 0 Å². The van der Waals surface area contributed by atoms with Crippen LogP contribution in [0.1, 0.15) is 16.8 Å². The fraction of sp³-hybridized carbons (Fsp3) is 0.158. The summed E-state index contributed by atoms with van der Waals surface area (Å²) in [6, 6.07) is 14.3. The summed E-state index contributed by atoms with van der Waals surface area (Å²) in [5, 5.41) is 3.38. The third kappa shape index (κ3) is 4.39. The van der Waals surface area contributed by atoms with E-state index < -0.39 is 0 Å². The van der Waals surface area contributed by atoms with E-state index >= 15 is 0 Å². The number of carbonyl (C=O) groups excluding carboxylic acids is 1. The Labute approximate surface area is 150 Å². The van der Waals surface area contributed by atoms with E-state index in [9.17, 15) is 9.59 Å². The number of nitrogens with zero attached hydrogens (tertiary/aromatic N) is 2. The first-order chi connectivity index (χ1) is 12.1. The van der Waals surface area contributed by atoms with Crippen molar-refractivity contribution in [1.29, 1.82) is 0 Å². The highest BCUT2D eigenvalue weighted by Crippen LogP contribution is 2.10. The number of aromatic nitrogens is 2. The molecule has 0 aliphatic carbocycles. The molecule has 6 heteroatoms. The molecule has 128 valence electrons. The van der Waals surface area contributed by atoms with Crippen molar-refractivity contribution in [2.24, 2.45) is 0 Å². The van der Waals surface area contributed by atoms with Gasteiger partial charge in [-0.15, -0.1) is 0 Å². The smallest absolute Gasteiger partial charge is 0.251 e. The Balaban J connectivity index is 1.51. The zero-order valence-corrected chi connectivity index (χ0v) is 14.3. The van der Waals surface area contributed by atoms with E-state index in [4.69, 9.17) is 11.6 Å². The summed E-state index contributed by atoms with van der Waals surface area (Å²) >= 11 is 5.88. The second kappa shape index (κ2) is 7.85. The van der Waals surface area contributed by atoms with Gasteiger partial charge in [0.25, 0.3) is 11.5 Å². The van der Waals surface area contributed by atoms with Crippen molar-refractivity contribution in [2.75, 3.05) is 6.54 Å². The summed E-state index contributed by atoms with van der Waals surface area (Å²) in [7, 11) is 0. The molecule has 0 aliphatic heterocycles. The molecular weight excluding hydrogens is 338 g/mol. The number of hydrogen-bond acceptors (Lipinski definition) is 2. The molecule has 1 N–H and O–H groups in total. The quantitative estimate of drug-likeness (QED) is 0.691. The zero-order valence-electron chi connectivity index (χ0n) is 13.6. The maximum atomic E-state index is 12.2. The third-order valence-electron chi connectivity index (χ3n) is 3.84. The molecule has 0 fully saturated rings. The van der Waals surface area contributed by atoms with Crippen molar-refractivity contribution in [3.05, 3.63) is 88.1 Å². The summed E-state index contributed by atoms with van der Waals surface area (Å²) < 4.78 is 3.52. The van der Waals surface area contributed by atoms with Crippen molar-refractivity contribution >= 4 is 17.5 Å². The van der Waals surface area contributed by atoms with E-state index in [1.807, 2.05) is 41.2 Å². The number of rotatable bonds is 6. The predicted octanol–water partition coefficient (Wildman–Crippen LogP) is 3.11. The van der Waals surface area contributed by atoms with Crippen LogP contribution < -0.4 is 10.9 Å². The van der Waals surface area contributed by atoms with Crippen molar-refractivity contribution in [3.63, 3.8) is 0 Å². The number of aryl methyl sites for hydroxylation is 1. The maximum absolute atomic E-state index is 12.2. The van der Waals surface area contributed by atoms with Gasteiger partial charge in [-0.25, -0.2) is 0 Å². The molecule has 3 aromatic rings. The first kappa shape index (κ1) is 17.0. The predicted molar refractivity (Wildman–Crippen MR) is 98.4 cm³/mol. The molecule has 0 saturated heterocycles. The number of pyridine rings is 1. The van der Waals surface area contributed by atoms with Crippen LogP contribution in [0.2, 0.25) is 5.02 Å². The van der Waals surface area contributed by atoms with Crippen molar-refractivity contribution in [2.45, 2.75) is 13.0 Å². The van der Waals surface area contributed by atoms with Crippen molar-refractivity contribution < 1.29 is 4.79 Å². The molecule has 0 spiro atoms. The number of nitrogens with one attached hydrogen (secondary N) is 1. The minimum atomic E-state index is -0.127. The molecule has 0 aliphatic rings. The average molecular weight is 356 g/mol. The van der Waals surface area contributed by atoms with Crippen LogP contribution in [0.4, 0.5) is 0 Å². The van der Waals surface area contributed by atoms with E-state index in [-0.39, 0.29) is 11.5 Å². The molecular formula is C19H18ClN3O2. The molecule has 25 heavy (non-hydrogen) atoms. The minimum Gasteiger partial charge on any atom is -0.352 e. The van der Waals surface area contributed by atoms with Crippen LogP contribution in [0.25, 0.3) is 5.69 Å². The topological polar surface area (TPSA) is 56.0 Å². The molecule has 0 atom stereocenters. The summed E-state index contributed by atoms with van der Waals surface area (Å²) in [4.78, 5) is 23.8. The highest BCUT2D eigenvalue weighted by molar-refractivity contribution is 6.30. The molecule has 0 saturated carbocycles. The second-order valence-corrected chi connectivity index (χ2v) is 6.06. The molecule has 5 nitrogen and oxygen atoms in total. The fourth-order valence-electron chi connectivity index (χ4n) is 2.52. The summed E-state index contributed by atoms with van der Waals surface area (Å²) in [6.07, 6.45) is 6.15. The number of benzene rings is 1. The maximum Gasteiger partial charge on any atom is 0.251 e. The van der Waals surface area contributed by atoms with Gasteiger partial charge < -0.3 is 14.5 Å². The van der Waals surface area contributed by atoms with Gasteiger partial charge in [0.05, 0.1) is 5.02 Å². The van der Waals surface area contributed by atoms with Gasteiger partial charge in [0.15, 0.2) is 0 Å². The molecule has 2 aromatic heterocycles. The van der Waals surface area contributed by atoms with Gasteiger partial charge in [-0.05, 0) is 48.9 Å². The van der Waals surface area contributed by atoms with Crippen LogP contribution >= 0.6 is 11.6 Å². The highest BCUT2D eigenvalue weighted by Gasteiger charge is 2.05. The summed E-state index contributed by atoms with van der Waals surface area (Å²) in [5.74, 6) is -0.127. The number of carbonyl (C=O) groups is 1. The van der Waals surface area contributed by atoms with Gasteiger partial charge in [0.2, 0.25) is 0 Å². The van der Waals surface area contributed by atoms with E-state index in [0.29, 0.717) is 30.1 Å². The Bertz CT molecular complexity index is 899. The van der Waals surface area contributed by atoms with Crippen LogP contribution in [0.15, 0.2) is 71.9 Å². The normalized spacial score (nSPS) is 10.6. The zero-order chi connectivity index (χ0) is 17.6. The lowest BCUT2D eigenvalue weighted by atomic mass is 10.2. The Morgan fingerprint density at radius 1 is 1.04 bits per heavy atom. The molecule has 3 rings (SSSR count). The molecule has 0 bridgehead atoms. The monoisotopic (exact) mass is 355 g/mol. The van der Waals surface area contributed by atoms with Gasteiger partial charge in [0.1, 0.15) is 0 Å². The lowest BCUT2D eigenvalue weighted by Crippen LogP contribution is -2.26. The third-order valence-corrected chi connectivity index (χ3v) is 4.06. The van der Waals surface area contributed by atoms with E-state index in [0.717, 1.165) is 5.69 Å². The van der Waals surface area contributed by atoms with E-state index in [1.165, 1.54) is 6.07 Å². The molecule has 2 heterocycles. The van der Waals surface area contributed by atoms with Crippen LogP contribution in [0.5, 0.6) is 0 Å². The lowest BCUT2D eigenvalue weighted by molar-refractivity contribution is 0.0952. The number of amides is 1. The second-order valence-electron chi connectivity index (χ2n) is 5.63. The van der Waals surface area contributed by atoms with Crippen LogP contribution in [-0.4, -0.2) is 21.6 Å². The Morgan fingerprint density at radius 3 is 2.48 bits per heavy atom. The van der Waals surface area contributed by atoms with Crippen molar-refractivity contribution in [1.82, 2.24) is 14.5 Å². The average Bonchev–Trinajstić information content (AvgIpc) is 3.16. The van der Waals surface area contributed by atoms with Gasteiger partial charge in [-0.1, -0.05) is 11.6 Å². The molecule has 0 unspecified atom stereocenters. The van der Waals surface area contributed by atoms with Crippen molar-refractivity contribution in [3.8, 4) is 5.69 Å². The Kier molecular flexibility index (Phi) is 5.36. The van der Waals surface area contributed by atoms with Gasteiger partial charge >= 0.3 is 0 Å². The van der Waals surface area contributed by atoms with Gasteiger partial charge in [-0.3, -0.25) is 9.59 Å². The number of hydrogen-bond donors (Lipinski definition) is 1. The SMILES string of the molecule is O=C(NCCCn1cc(Cl)ccc1=O)c1ccc(-n2cccc2)cc1. The van der Waals surface area contributed by atoms with E-state index in [1.54, 1.807) is 29.0 Å². The van der Waals surface area contributed by atoms with E-state index in [2.05, 4.69) is 5.32 Å². The van der Waals surface area contributed by atoms with Gasteiger partial charge in [-0.2, -0.15) is 0 Å². The fourth-order valence-corrected chi connectivity index (χ4v) is 2.70. The summed E-state index contributed by atoms with van der Waals surface area (Å²) in [5.41, 5.74) is 1.51. The highest BCUT2D eigenvalue weighted by atomic mass is 35.5. The lowest BCUT2D eigenvalue weighted by Gasteiger charge is -2.08. The van der Waals surface area contributed by atoms with Crippen LogP contribution in [-0.2, 0) is 6.54 Å². The first-order valence-corrected chi connectivity index (χ1v) is 8.39. The minimum absolute atomic E-state index is 0.101. The molecule has 0 radical (unpaired) electrons. The Hall–Kier alpha value is -2.79. The standard InChI is InChI=1S/C19H18ClN3O2/c20-16-6-9-18(24)23(14-16)13-3-10-21-19(25)15-4-7-17(8-5-15)22-11-1-2-12-22/h1-2,4-9,11-12,14H,3,10,13H2,(H,21,25). The molecule has 1 amide bonds. The van der Waals surface area contributed by atoms with Crippen LogP contribution in [0.3, 0.4) is 0 Å². The largest absolute Gasteiger partial charge is 0.352 e. The number of halogens is 1. The molecule has 1 aromatic carbocycles. The Morgan fingerprint density at radius 2 is 1.76 bits per heavy atom. The first-order valence-electron chi connectivity index (χ1n) is 8.01. The summed E-state index contributed by atoms with van der Waals surface area (Å²) in [6.45, 7) is 0.989.